The molecule has 0 unspecified atom stereocenters. The van der Waals surface area contributed by atoms with Gasteiger partial charge in [-0.2, -0.15) is 0 Å². The fourth-order valence-corrected chi connectivity index (χ4v) is 1.67. The van der Waals surface area contributed by atoms with E-state index >= 15 is 0 Å². The molecular formula is C14H24IN5O. The Labute approximate surface area is 143 Å². The van der Waals surface area contributed by atoms with Crippen molar-refractivity contribution in [1.82, 2.24) is 9.88 Å². The second kappa shape index (κ2) is 10.4. The number of pyridine rings is 1. The van der Waals surface area contributed by atoms with Crippen LogP contribution in [0.4, 0.5) is 5.82 Å². The van der Waals surface area contributed by atoms with E-state index in [4.69, 9.17) is 5.73 Å². The van der Waals surface area contributed by atoms with Crippen LogP contribution in [0.2, 0.25) is 0 Å². The Morgan fingerprint density at radius 1 is 1.38 bits per heavy atom. The zero-order chi connectivity index (χ0) is 15.0. The standard InChI is InChI=1S/C14H23N5O.HI/c1-4-19(5-2)14(15)16-9-8-13(20)18-12-7-6-11(3)10-17-12;/h6-7,10H,4-5,8-9H2,1-3H3,(H2,15,16)(H,17,18,20);1H. The van der Waals surface area contributed by atoms with Gasteiger partial charge in [-0.25, -0.2) is 4.98 Å². The molecule has 1 heterocycles. The molecule has 0 radical (unpaired) electrons. The largest absolute Gasteiger partial charge is 0.370 e. The van der Waals surface area contributed by atoms with Gasteiger partial charge in [0.25, 0.3) is 0 Å². The van der Waals surface area contributed by atoms with Gasteiger partial charge < -0.3 is 16.0 Å². The van der Waals surface area contributed by atoms with Crippen LogP contribution in [-0.4, -0.2) is 41.4 Å². The monoisotopic (exact) mass is 405 g/mol. The van der Waals surface area contributed by atoms with Gasteiger partial charge >= 0.3 is 0 Å². The van der Waals surface area contributed by atoms with Crippen LogP contribution < -0.4 is 11.1 Å². The minimum Gasteiger partial charge on any atom is -0.370 e. The maximum absolute atomic E-state index is 11.7. The van der Waals surface area contributed by atoms with E-state index in [1.807, 2.05) is 31.7 Å². The van der Waals surface area contributed by atoms with Crippen molar-refractivity contribution in [2.24, 2.45) is 10.7 Å². The molecule has 0 fully saturated rings. The van der Waals surface area contributed by atoms with Crippen LogP contribution in [0.5, 0.6) is 0 Å². The smallest absolute Gasteiger partial charge is 0.227 e. The summed E-state index contributed by atoms with van der Waals surface area (Å²) in [4.78, 5) is 22.0. The van der Waals surface area contributed by atoms with E-state index in [1.165, 1.54) is 0 Å². The van der Waals surface area contributed by atoms with E-state index in [0.29, 0.717) is 18.3 Å². The number of halogens is 1. The van der Waals surface area contributed by atoms with Gasteiger partial charge in [0.1, 0.15) is 5.82 Å². The third kappa shape index (κ3) is 7.26. The van der Waals surface area contributed by atoms with E-state index < -0.39 is 0 Å². The second-order valence-corrected chi connectivity index (χ2v) is 4.43. The van der Waals surface area contributed by atoms with Crippen LogP contribution in [0.25, 0.3) is 0 Å². The van der Waals surface area contributed by atoms with Gasteiger partial charge in [0.05, 0.1) is 6.54 Å². The Bertz CT molecular complexity index is 457. The van der Waals surface area contributed by atoms with E-state index in [0.717, 1.165) is 18.7 Å². The van der Waals surface area contributed by atoms with Crippen molar-refractivity contribution in [2.75, 3.05) is 25.0 Å². The number of aryl methyl sites for hydroxylation is 1. The Balaban J connectivity index is 0.00000400. The molecule has 0 aromatic carbocycles. The summed E-state index contributed by atoms with van der Waals surface area (Å²) >= 11 is 0. The van der Waals surface area contributed by atoms with Gasteiger partial charge in [0, 0.05) is 25.7 Å². The number of hydrogen-bond donors (Lipinski definition) is 2. The number of aliphatic imine (C=N–C) groups is 1. The summed E-state index contributed by atoms with van der Waals surface area (Å²) in [7, 11) is 0. The molecule has 0 aliphatic rings. The molecule has 118 valence electrons. The maximum atomic E-state index is 11.7. The highest BCUT2D eigenvalue weighted by Crippen LogP contribution is 2.04. The first kappa shape index (κ1) is 19.6. The molecule has 6 nitrogen and oxygen atoms in total. The molecule has 0 saturated carbocycles. The molecule has 1 aromatic rings. The van der Waals surface area contributed by atoms with Crippen molar-refractivity contribution in [3.8, 4) is 0 Å². The lowest BCUT2D eigenvalue weighted by atomic mass is 10.3. The summed E-state index contributed by atoms with van der Waals surface area (Å²) in [5.74, 6) is 0.926. The molecule has 7 heteroatoms. The summed E-state index contributed by atoms with van der Waals surface area (Å²) in [6, 6.07) is 3.68. The van der Waals surface area contributed by atoms with Crippen molar-refractivity contribution < 1.29 is 4.79 Å². The van der Waals surface area contributed by atoms with E-state index in [-0.39, 0.29) is 36.3 Å². The Morgan fingerprint density at radius 3 is 2.57 bits per heavy atom. The molecule has 0 atom stereocenters. The molecule has 1 aromatic heterocycles. The Morgan fingerprint density at radius 2 is 2.05 bits per heavy atom. The van der Waals surface area contributed by atoms with E-state index in [1.54, 1.807) is 12.3 Å². The number of hydrogen-bond acceptors (Lipinski definition) is 3. The fraction of sp³-hybridized carbons (Fsp3) is 0.500. The van der Waals surface area contributed by atoms with Crippen molar-refractivity contribution in [3.05, 3.63) is 23.9 Å². The van der Waals surface area contributed by atoms with Crippen LogP contribution in [0.15, 0.2) is 23.3 Å². The molecule has 1 amide bonds. The molecular weight excluding hydrogens is 381 g/mol. The zero-order valence-corrected chi connectivity index (χ0v) is 15.1. The topological polar surface area (TPSA) is 83.6 Å². The van der Waals surface area contributed by atoms with Crippen LogP contribution in [0, 0.1) is 6.92 Å². The minimum absolute atomic E-state index is 0. The molecule has 21 heavy (non-hydrogen) atoms. The predicted molar refractivity (Wildman–Crippen MR) is 97.0 cm³/mol. The highest BCUT2D eigenvalue weighted by molar-refractivity contribution is 14.0. The van der Waals surface area contributed by atoms with Gasteiger partial charge in [0.2, 0.25) is 5.91 Å². The molecule has 0 saturated heterocycles. The number of carbonyl (C=O) groups is 1. The summed E-state index contributed by atoms with van der Waals surface area (Å²) in [5, 5.41) is 2.73. The summed E-state index contributed by atoms with van der Waals surface area (Å²) in [6.45, 7) is 7.98. The molecule has 0 bridgehead atoms. The number of anilines is 1. The third-order valence-corrected chi connectivity index (χ3v) is 2.88. The van der Waals surface area contributed by atoms with Gasteiger partial charge in [-0.15, -0.1) is 24.0 Å². The Hall–Kier alpha value is -1.38. The number of aromatic nitrogens is 1. The average molecular weight is 405 g/mol. The van der Waals surface area contributed by atoms with Gasteiger partial charge in [-0.05, 0) is 32.4 Å². The average Bonchev–Trinajstić information content (AvgIpc) is 2.43. The number of carbonyl (C=O) groups excluding carboxylic acids is 1. The number of nitrogens with one attached hydrogen (secondary N) is 1. The van der Waals surface area contributed by atoms with E-state index in [2.05, 4.69) is 15.3 Å². The highest BCUT2D eigenvalue weighted by Gasteiger charge is 2.04. The van der Waals surface area contributed by atoms with Crippen molar-refractivity contribution >= 4 is 41.7 Å². The lowest BCUT2D eigenvalue weighted by Gasteiger charge is -2.19. The van der Waals surface area contributed by atoms with Crippen LogP contribution in [0.3, 0.4) is 0 Å². The van der Waals surface area contributed by atoms with Crippen molar-refractivity contribution in [2.45, 2.75) is 27.2 Å². The normalized spacial score (nSPS) is 10.7. The SMILES string of the molecule is CCN(CC)C(N)=NCCC(=O)Nc1ccc(C)cn1.I. The zero-order valence-electron chi connectivity index (χ0n) is 12.8. The van der Waals surface area contributed by atoms with Crippen LogP contribution in [-0.2, 0) is 4.79 Å². The van der Waals surface area contributed by atoms with Gasteiger partial charge in [-0.1, -0.05) is 6.07 Å². The predicted octanol–water partition coefficient (Wildman–Crippen LogP) is 1.99. The summed E-state index contributed by atoms with van der Waals surface area (Å²) in [5.41, 5.74) is 6.88. The molecule has 3 N–H and O–H groups in total. The van der Waals surface area contributed by atoms with Gasteiger partial charge in [-0.3, -0.25) is 9.79 Å². The summed E-state index contributed by atoms with van der Waals surface area (Å²) < 4.78 is 0. The first-order chi connectivity index (χ1) is 9.56. The summed E-state index contributed by atoms with van der Waals surface area (Å²) in [6.07, 6.45) is 2.00. The maximum Gasteiger partial charge on any atom is 0.227 e. The minimum atomic E-state index is -0.113. The first-order valence-electron chi connectivity index (χ1n) is 6.84. The molecule has 0 aliphatic heterocycles. The number of rotatable bonds is 6. The van der Waals surface area contributed by atoms with Crippen molar-refractivity contribution in [3.63, 3.8) is 0 Å². The first-order valence-corrected chi connectivity index (χ1v) is 6.84. The van der Waals surface area contributed by atoms with Gasteiger partial charge in [0.15, 0.2) is 5.96 Å². The van der Waals surface area contributed by atoms with Crippen LogP contribution in [0.1, 0.15) is 25.8 Å². The molecule has 0 aliphatic carbocycles. The highest BCUT2D eigenvalue weighted by atomic mass is 127. The lowest BCUT2D eigenvalue weighted by molar-refractivity contribution is -0.116. The number of nitrogens with zero attached hydrogens (tertiary/aromatic N) is 3. The molecule has 1 rings (SSSR count). The molecule has 0 spiro atoms. The van der Waals surface area contributed by atoms with E-state index in [9.17, 15) is 4.79 Å². The number of amides is 1. The number of guanidine groups is 1. The van der Waals surface area contributed by atoms with Crippen LogP contribution >= 0.6 is 24.0 Å². The lowest BCUT2D eigenvalue weighted by Crippen LogP contribution is -2.37. The fourth-order valence-electron chi connectivity index (χ4n) is 1.67. The third-order valence-electron chi connectivity index (χ3n) is 2.88. The van der Waals surface area contributed by atoms with Crippen molar-refractivity contribution in [1.29, 1.82) is 0 Å². The quantitative estimate of drug-likeness (QED) is 0.431. The second-order valence-electron chi connectivity index (χ2n) is 4.43. The Kier molecular flexibility index (Phi) is 9.68. The number of nitrogens with two attached hydrogens (primary N) is 1.